The van der Waals surface area contributed by atoms with Crippen molar-refractivity contribution in [3.8, 4) is 0 Å². The van der Waals surface area contributed by atoms with Crippen LogP contribution in [-0.4, -0.2) is 40.5 Å². The second kappa shape index (κ2) is 9.55. The molecule has 1 aromatic heterocycles. The number of aromatic nitrogens is 2. The molecular formula is C28H40N4O3. The SMILES string of the molecule is CC(=O)[C@@H]1CC[C@@H]2[C@@H]3CCC4=CC(=NOCC(=O)NCCc5cnc[nH]5)CC[C@]4(C)[C@@H]3CC[C@@]21C. The van der Waals surface area contributed by atoms with Gasteiger partial charge in [0.2, 0.25) is 0 Å². The van der Waals surface area contributed by atoms with Crippen LogP contribution >= 0.6 is 0 Å². The van der Waals surface area contributed by atoms with Gasteiger partial charge in [-0.25, -0.2) is 4.98 Å². The molecule has 1 heterocycles. The van der Waals surface area contributed by atoms with E-state index in [0.717, 1.165) is 43.0 Å². The van der Waals surface area contributed by atoms with Crippen LogP contribution in [0.15, 0.2) is 29.3 Å². The molecule has 0 saturated heterocycles. The highest BCUT2D eigenvalue weighted by atomic mass is 16.6. The van der Waals surface area contributed by atoms with Crippen molar-refractivity contribution in [1.82, 2.24) is 15.3 Å². The fraction of sp³-hybridized carbons (Fsp3) is 0.714. The Morgan fingerprint density at radius 1 is 1.17 bits per heavy atom. The summed E-state index contributed by atoms with van der Waals surface area (Å²) in [4.78, 5) is 36.8. The number of imidazole rings is 1. The Hall–Kier alpha value is -2.44. The number of allylic oxidation sites excluding steroid dienone is 2. The van der Waals surface area contributed by atoms with Crippen LogP contribution in [0.4, 0.5) is 0 Å². The number of H-pyrrole nitrogens is 1. The van der Waals surface area contributed by atoms with Crippen LogP contribution < -0.4 is 5.32 Å². The predicted octanol–water partition coefficient (Wildman–Crippen LogP) is 4.61. The number of nitrogens with one attached hydrogen (secondary N) is 2. The minimum atomic E-state index is -0.159. The molecule has 1 aromatic rings. The number of oxime groups is 1. The highest BCUT2D eigenvalue weighted by Crippen LogP contribution is 2.66. The monoisotopic (exact) mass is 480 g/mol. The lowest BCUT2D eigenvalue weighted by Gasteiger charge is -2.58. The van der Waals surface area contributed by atoms with Crippen molar-refractivity contribution in [2.24, 2.45) is 39.7 Å². The quantitative estimate of drug-likeness (QED) is 0.557. The molecule has 0 radical (unpaired) electrons. The predicted molar refractivity (Wildman–Crippen MR) is 135 cm³/mol. The number of amides is 1. The molecule has 0 bridgehead atoms. The van der Waals surface area contributed by atoms with Gasteiger partial charge in [0.1, 0.15) is 5.78 Å². The zero-order chi connectivity index (χ0) is 24.6. The Morgan fingerprint density at radius 2 is 2.03 bits per heavy atom. The minimum Gasteiger partial charge on any atom is -0.385 e. The summed E-state index contributed by atoms with van der Waals surface area (Å²) in [5.74, 6) is 2.64. The molecule has 3 saturated carbocycles. The maximum Gasteiger partial charge on any atom is 0.260 e. The summed E-state index contributed by atoms with van der Waals surface area (Å²) in [5.41, 5.74) is 3.90. The molecule has 2 N–H and O–H groups in total. The summed E-state index contributed by atoms with van der Waals surface area (Å²) in [5, 5.41) is 7.18. The lowest BCUT2D eigenvalue weighted by atomic mass is 9.46. The third kappa shape index (κ3) is 4.47. The fourth-order valence-electron chi connectivity index (χ4n) is 8.29. The number of carbonyl (C=O) groups excluding carboxylic acids is 2. The van der Waals surface area contributed by atoms with Crippen molar-refractivity contribution in [2.75, 3.05) is 13.2 Å². The third-order valence-corrected chi connectivity index (χ3v) is 10.1. The first kappa shape index (κ1) is 24.3. The lowest BCUT2D eigenvalue weighted by molar-refractivity contribution is -0.128. The van der Waals surface area contributed by atoms with E-state index in [1.165, 1.54) is 31.3 Å². The normalized spacial score (nSPS) is 37.1. The first-order valence-electron chi connectivity index (χ1n) is 13.5. The molecule has 3 fully saturated rings. The summed E-state index contributed by atoms with van der Waals surface area (Å²) in [6.07, 6.45) is 15.4. The summed E-state index contributed by atoms with van der Waals surface area (Å²) in [6, 6.07) is 0. The highest BCUT2D eigenvalue weighted by Gasteiger charge is 2.59. The molecule has 0 unspecified atom stereocenters. The van der Waals surface area contributed by atoms with E-state index < -0.39 is 0 Å². The number of hydrogen-bond donors (Lipinski definition) is 2. The van der Waals surface area contributed by atoms with E-state index in [1.807, 2.05) is 6.92 Å². The molecular weight excluding hydrogens is 440 g/mol. The second-order valence-corrected chi connectivity index (χ2v) is 11.8. The van der Waals surface area contributed by atoms with Gasteiger partial charge in [0.25, 0.3) is 5.91 Å². The van der Waals surface area contributed by atoms with Crippen molar-refractivity contribution in [3.63, 3.8) is 0 Å². The molecule has 35 heavy (non-hydrogen) atoms. The Bertz CT molecular complexity index is 1020. The summed E-state index contributed by atoms with van der Waals surface area (Å²) in [7, 11) is 0. The summed E-state index contributed by atoms with van der Waals surface area (Å²) in [6.45, 7) is 7.17. The standard InChI is InChI=1S/C28H40N4O3/c1-18(33)23-6-7-24-22-5-4-19-14-20(8-11-27(19,2)25(22)9-12-28(23,24)3)32-35-16-26(34)30-13-10-21-15-29-17-31-21/h14-15,17,22-25H,4-13,16H2,1-3H3,(H,29,31)(H,30,34)/t22-,23-,24+,25+,27-,28+/m0/s1. The van der Waals surface area contributed by atoms with E-state index >= 15 is 0 Å². The van der Waals surface area contributed by atoms with Crippen LogP contribution in [0.5, 0.6) is 0 Å². The van der Waals surface area contributed by atoms with Crippen molar-refractivity contribution in [3.05, 3.63) is 29.9 Å². The van der Waals surface area contributed by atoms with Crippen LogP contribution in [0.2, 0.25) is 0 Å². The van der Waals surface area contributed by atoms with E-state index in [1.54, 1.807) is 12.5 Å². The highest BCUT2D eigenvalue weighted by molar-refractivity contribution is 5.96. The van der Waals surface area contributed by atoms with Gasteiger partial charge in [-0.3, -0.25) is 9.59 Å². The molecule has 6 atom stereocenters. The average molecular weight is 481 g/mol. The Balaban J connectivity index is 1.18. The van der Waals surface area contributed by atoms with Crippen molar-refractivity contribution in [2.45, 2.75) is 78.6 Å². The number of ketones is 1. The molecule has 190 valence electrons. The van der Waals surface area contributed by atoms with Gasteiger partial charge in [-0.15, -0.1) is 0 Å². The maximum atomic E-state index is 12.4. The number of fused-ring (bicyclic) bond motifs is 5. The number of hydrogen-bond acceptors (Lipinski definition) is 5. The number of carbonyl (C=O) groups is 2. The molecule has 0 aromatic carbocycles. The van der Waals surface area contributed by atoms with Gasteiger partial charge in [0.15, 0.2) is 6.61 Å². The maximum absolute atomic E-state index is 12.4. The Kier molecular flexibility index (Phi) is 6.62. The van der Waals surface area contributed by atoms with Crippen LogP contribution in [0.3, 0.4) is 0 Å². The average Bonchev–Trinajstić information content (AvgIpc) is 3.46. The van der Waals surface area contributed by atoms with Gasteiger partial charge in [0.05, 0.1) is 12.0 Å². The first-order valence-corrected chi connectivity index (χ1v) is 13.5. The molecule has 1 amide bonds. The van der Waals surface area contributed by atoms with Crippen LogP contribution in [0, 0.1) is 34.5 Å². The van der Waals surface area contributed by atoms with Crippen molar-refractivity contribution >= 4 is 17.4 Å². The van der Waals surface area contributed by atoms with Gasteiger partial charge in [-0.05, 0) is 93.0 Å². The van der Waals surface area contributed by atoms with Crippen molar-refractivity contribution in [1.29, 1.82) is 0 Å². The topological polar surface area (TPSA) is 96.4 Å². The van der Waals surface area contributed by atoms with Gasteiger partial charge in [-0.1, -0.05) is 24.6 Å². The molecule has 7 nitrogen and oxygen atoms in total. The zero-order valence-corrected chi connectivity index (χ0v) is 21.4. The van der Waals surface area contributed by atoms with Crippen molar-refractivity contribution < 1.29 is 14.4 Å². The van der Waals surface area contributed by atoms with Gasteiger partial charge < -0.3 is 15.1 Å². The zero-order valence-electron chi connectivity index (χ0n) is 21.4. The molecule has 4 aliphatic carbocycles. The van der Waals surface area contributed by atoms with Crippen LogP contribution in [0.1, 0.15) is 77.8 Å². The molecule has 5 rings (SSSR count). The van der Waals surface area contributed by atoms with E-state index in [9.17, 15) is 9.59 Å². The van der Waals surface area contributed by atoms with Gasteiger partial charge in [-0.2, -0.15) is 0 Å². The number of rotatable bonds is 7. The van der Waals surface area contributed by atoms with Crippen LogP contribution in [0.25, 0.3) is 0 Å². The molecule has 0 spiro atoms. The van der Waals surface area contributed by atoms with Crippen LogP contribution in [-0.2, 0) is 20.8 Å². The van der Waals surface area contributed by atoms with E-state index in [4.69, 9.17) is 4.84 Å². The first-order chi connectivity index (χ1) is 16.8. The summed E-state index contributed by atoms with van der Waals surface area (Å²) >= 11 is 0. The smallest absolute Gasteiger partial charge is 0.260 e. The third-order valence-electron chi connectivity index (χ3n) is 10.1. The molecule has 7 heteroatoms. The lowest BCUT2D eigenvalue weighted by Crippen LogP contribution is -2.51. The Morgan fingerprint density at radius 3 is 2.80 bits per heavy atom. The van der Waals surface area contributed by atoms with Gasteiger partial charge in [0, 0.05) is 30.8 Å². The van der Waals surface area contributed by atoms with E-state index in [-0.39, 0.29) is 29.3 Å². The number of Topliss-reactive ketones (excluding diaryl/α,β-unsaturated/α-hetero) is 1. The van der Waals surface area contributed by atoms with Gasteiger partial charge >= 0.3 is 0 Å². The minimum absolute atomic E-state index is 0.0603. The van der Waals surface area contributed by atoms with E-state index in [2.05, 4.69) is 40.4 Å². The number of nitrogens with zero attached hydrogens (tertiary/aromatic N) is 2. The summed E-state index contributed by atoms with van der Waals surface area (Å²) < 4.78 is 0. The Labute approximate surface area is 208 Å². The molecule has 4 aliphatic rings. The largest absolute Gasteiger partial charge is 0.385 e. The fourth-order valence-corrected chi connectivity index (χ4v) is 8.29. The number of aromatic amines is 1. The van der Waals surface area contributed by atoms with E-state index in [0.29, 0.717) is 30.6 Å². The second-order valence-electron chi connectivity index (χ2n) is 11.8. The molecule has 0 aliphatic heterocycles.